The van der Waals surface area contributed by atoms with Gasteiger partial charge in [0, 0.05) is 11.7 Å². The standard InChI is InChI=1S/C15H16F3N3O4/c16-15(17,18)10-6-9(3-4-11(10)21(24)25)20-13(22)12-7-1-2-8(5-7)19(12)14(20)23/h3-4,6-8,12,14,23-25H,1-2,5H2/t7?,8?,12-,14?/m1/s1. The molecule has 4 rings (SSSR count). The second kappa shape index (κ2) is 5.31. The van der Waals surface area contributed by atoms with Crippen LogP contribution in [0.4, 0.5) is 24.5 Å². The van der Waals surface area contributed by atoms with Crippen molar-refractivity contribution >= 4 is 17.3 Å². The van der Waals surface area contributed by atoms with Crippen LogP contribution in [0.2, 0.25) is 0 Å². The molecule has 25 heavy (non-hydrogen) atoms. The number of carbonyl (C=O) groups is 1. The van der Waals surface area contributed by atoms with Crippen LogP contribution < -0.4 is 10.1 Å². The molecule has 3 unspecified atom stereocenters. The van der Waals surface area contributed by atoms with Gasteiger partial charge in [-0.2, -0.15) is 13.2 Å². The zero-order valence-corrected chi connectivity index (χ0v) is 12.9. The molecule has 1 saturated carbocycles. The van der Waals surface area contributed by atoms with Gasteiger partial charge in [0.05, 0.1) is 11.6 Å². The fourth-order valence-corrected chi connectivity index (χ4v) is 4.41. The summed E-state index contributed by atoms with van der Waals surface area (Å²) >= 11 is 0. The third-order valence-electron chi connectivity index (χ3n) is 5.40. The Morgan fingerprint density at radius 3 is 2.52 bits per heavy atom. The Balaban J connectivity index is 1.74. The molecule has 4 atom stereocenters. The Kier molecular flexibility index (Phi) is 3.52. The maximum Gasteiger partial charge on any atom is 0.418 e. The first-order valence-corrected chi connectivity index (χ1v) is 7.88. The Hall–Kier alpha value is -1.88. The highest BCUT2D eigenvalue weighted by Gasteiger charge is 2.59. The molecule has 1 aromatic carbocycles. The van der Waals surface area contributed by atoms with E-state index in [2.05, 4.69) is 0 Å². The monoisotopic (exact) mass is 359 g/mol. The van der Waals surface area contributed by atoms with Crippen molar-refractivity contribution in [2.24, 2.45) is 5.92 Å². The molecule has 0 spiro atoms. The van der Waals surface area contributed by atoms with Crippen molar-refractivity contribution in [3.8, 4) is 0 Å². The van der Waals surface area contributed by atoms with E-state index in [1.807, 2.05) is 0 Å². The van der Waals surface area contributed by atoms with Gasteiger partial charge in [-0.05, 0) is 43.4 Å². The summed E-state index contributed by atoms with van der Waals surface area (Å²) in [5.41, 5.74) is -2.31. The molecule has 2 bridgehead atoms. The van der Waals surface area contributed by atoms with Crippen LogP contribution in [-0.4, -0.2) is 44.8 Å². The molecule has 7 nitrogen and oxygen atoms in total. The average molecular weight is 359 g/mol. The number of aliphatic hydroxyl groups excluding tert-OH is 1. The molecule has 0 radical (unpaired) electrons. The molecule has 2 heterocycles. The van der Waals surface area contributed by atoms with Crippen LogP contribution in [0.15, 0.2) is 18.2 Å². The van der Waals surface area contributed by atoms with Gasteiger partial charge in [0.25, 0.3) is 0 Å². The lowest BCUT2D eigenvalue weighted by atomic mass is 9.99. The molecule has 1 aromatic rings. The maximum atomic E-state index is 13.2. The second-order valence-corrected chi connectivity index (χ2v) is 6.66. The number of alkyl halides is 3. The van der Waals surface area contributed by atoms with Gasteiger partial charge in [-0.15, -0.1) is 5.23 Å². The van der Waals surface area contributed by atoms with Gasteiger partial charge in [0.2, 0.25) is 5.91 Å². The normalized spacial score (nSPS) is 31.8. The predicted molar refractivity (Wildman–Crippen MR) is 77.7 cm³/mol. The van der Waals surface area contributed by atoms with Crippen molar-refractivity contribution in [3.05, 3.63) is 23.8 Å². The summed E-state index contributed by atoms with van der Waals surface area (Å²) in [5.74, 6) is -0.311. The van der Waals surface area contributed by atoms with Crippen molar-refractivity contribution in [1.29, 1.82) is 0 Å². The van der Waals surface area contributed by atoms with E-state index in [4.69, 9.17) is 10.4 Å². The molecule has 3 N–H and O–H groups in total. The van der Waals surface area contributed by atoms with E-state index in [1.54, 1.807) is 4.90 Å². The number of anilines is 2. The third kappa shape index (κ3) is 2.32. The highest BCUT2D eigenvalue weighted by Crippen LogP contribution is 2.49. The van der Waals surface area contributed by atoms with Gasteiger partial charge in [0.15, 0.2) is 6.35 Å². The van der Waals surface area contributed by atoms with Crippen molar-refractivity contribution in [2.45, 2.75) is 43.9 Å². The fraction of sp³-hybridized carbons (Fsp3) is 0.533. The Labute approximate surface area is 140 Å². The minimum absolute atomic E-state index is 0.0608. The van der Waals surface area contributed by atoms with E-state index in [9.17, 15) is 23.1 Å². The van der Waals surface area contributed by atoms with Gasteiger partial charge >= 0.3 is 6.18 Å². The van der Waals surface area contributed by atoms with E-state index in [0.29, 0.717) is 6.07 Å². The molecule has 2 aliphatic heterocycles. The van der Waals surface area contributed by atoms with E-state index in [1.165, 1.54) is 0 Å². The van der Waals surface area contributed by atoms with Crippen LogP contribution >= 0.6 is 0 Å². The van der Waals surface area contributed by atoms with Crippen LogP contribution in [-0.2, 0) is 11.0 Å². The van der Waals surface area contributed by atoms with E-state index in [-0.39, 0.29) is 17.6 Å². The Bertz CT molecular complexity index is 726. The Morgan fingerprint density at radius 1 is 1.20 bits per heavy atom. The highest BCUT2D eigenvalue weighted by atomic mass is 19.4. The van der Waals surface area contributed by atoms with Gasteiger partial charge in [-0.25, -0.2) is 4.90 Å². The molecule has 0 aromatic heterocycles. The molecule has 136 valence electrons. The van der Waals surface area contributed by atoms with Crippen molar-refractivity contribution in [3.63, 3.8) is 0 Å². The number of piperidine rings is 1. The van der Waals surface area contributed by atoms with Crippen LogP contribution in [0.1, 0.15) is 24.8 Å². The first kappa shape index (κ1) is 16.6. The molecular formula is C15H16F3N3O4. The minimum Gasteiger partial charge on any atom is -0.360 e. The molecular weight excluding hydrogens is 343 g/mol. The molecule has 10 heteroatoms. The van der Waals surface area contributed by atoms with Crippen molar-refractivity contribution in [2.75, 3.05) is 10.1 Å². The summed E-state index contributed by atoms with van der Waals surface area (Å²) in [7, 11) is 0. The SMILES string of the molecule is O=C1[C@H]2C3CCC(C3)N2C(O)N1c1ccc(N(O)O)c(C(F)(F)F)c1. The number of carbonyl (C=O) groups excluding carboxylic acids is 1. The predicted octanol–water partition coefficient (Wildman–Crippen LogP) is 1.77. The largest absolute Gasteiger partial charge is 0.418 e. The van der Waals surface area contributed by atoms with Crippen molar-refractivity contribution < 1.29 is 33.5 Å². The lowest BCUT2D eigenvalue weighted by Gasteiger charge is -2.30. The van der Waals surface area contributed by atoms with Gasteiger partial charge in [0.1, 0.15) is 5.69 Å². The molecule has 3 aliphatic rings. The van der Waals surface area contributed by atoms with E-state index >= 15 is 0 Å². The van der Waals surface area contributed by atoms with Crippen LogP contribution in [0.5, 0.6) is 0 Å². The first-order valence-electron chi connectivity index (χ1n) is 7.88. The van der Waals surface area contributed by atoms with Crippen LogP contribution in [0.3, 0.4) is 0 Å². The minimum atomic E-state index is -4.86. The summed E-state index contributed by atoms with van der Waals surface area (Å²) < 4.78 is 39.6. The third-order valence-corrected chi connectivity index (χ3v) is 5.40. The molecule has 1 aliphatic carbocycles. The summed E-state index contributed by atoms with van der Waals surface area (Å²) in [6.07, 6.45) is -3.64. The number of nitrogens with zero attached hydrogens (tertiary/aromatic N) is 3. The van der Waals surface area contributed by atoms with Crippen LogP contribution in [0, 0.1) is 5.92 Å². The summed E-state index contributed by atoms with van der Waals surface area (Å²) in [5, 5.41) is 27.9. The molecule has 1 amide bonds. The zero-order chi connectivity index (χ0) is 18.1. The van der Waals surface area contributed by atoms with Crippen LogP contribution in [0.25, 0.3) is 0 Å². The number of amides is 1. The number of benzene rings is 1. The smallest absolute Gasteiger partial charge is 0.360 e. The zero-order valence-electron chi connectivity index (χ0n) is 12.9. The van der Waals surface area contributed by atoms with Gasteiger partial charge < -0.3 is 5.11 Å². The number of aliphatic hydroxyl groups is 1. The lowest BCUT2D eigenvalue weighted by Crippen LogP contribution is -2.44. The number of halogens is 3. The highest BCUT2D eigenvalue weighted by molar-refractivity contribution is 6.00. The number of hydrogen-bond acceptors (Lipinski definition) is 6. The number of fused-ring (bicyclic) bond motifs is 5. The summed E-state index contributed by atoms with van der Waals surface area (Å²) in [4.78, 5) is 15.3. The number of rotatable bonds is 2. The Morgan fingerprint density at radius 2 is 1.92 bits per heavy atom. The second-order valence-electron chi connectivity index (χ2n) is 6.66. The van der Waals surface area contributed by atoms with Gasteiger partial charge in [-0.3, -0.25) is 20.1 Å². The average Bonchev–Trinajstić information content (AvgIpc) is 3.20. The first-order chi connectivity index (χ1) is 11.7. The summed E-state index contributed by atoms with van der Waals surface area (Å²) in [6, 6.07) is 2.19. The topological polar surface area (TPSA) is 87.5 Å². The number of hydrogen-bond donors (Lipinski definition) is 3. The summed E-state index contributed by atoms with van der Waals surface area (Å²) in [6.45, 7) is 0. The van der Waals surface area contributed by atoms with E-state index in [0.717, 1.165) is 36.3 Å². The van der Waals surface area contributed by atoms with Gasteiger partial charge in [-0.1, -0.05) is 0 Å². The fourth-order valence-electron chi connectivity index (χ4n) is 4.41. The quantitative estimate of drug-likeness (QED) is 0.698. The lowest BCUT2D eigenvalue weighted by molar-refractivity contribution is -0.138. The molecule has 3 fully saturated rings. The van der Waals surface area contributed by atoms with E-state index < -0.39 is 41.0 Å². The maximum absolute atomic E-state index is 13.2. The van der Waals surface area contributed by atoms with Crippen molar-refractivity contribution in [1.82, 2.24) is 4.90 Å². The molecule has 2 saturated heterocycles.